The first kappa shape index (κ1) is 12.0. The molecule has 0 bridgehead atoms. The van der Waals surface area contributed by atoms with Crippen LogP contribution in [0.2, 0.25) is 0 Å². The Kier molecular flexibility index (Phi) is 3.79. The number of hydrogen-bond donors (Lipinski definition) is 2. The number of carbonyl (C=O) groups excluding carboxylic acids is 1. The van der Waals surface area contributed by atoms with Gasteiger partial charge < -0.3 is 10.1 Å². The van der Waals surface area contributed by atoms with E-state index in [0.717, 1.165) is 5.82 Å². The minimum atomic E-state index is -0.561. The molecular formula is C10H12N6O2. The average Bonchev–Trinajstić information content (AvgIpc) is 2.91. The molecule has 2 aromatic heterocycles. The Labute approximate surface area is 103 Å². The molecule has 2 aromatic rings. The number of anilines is 1. The first-order valence-electron chi connectivity index (χ1n) is 5.29. The second kappa shape index (κ2) is 5.71. The number of methoxy groups -OCH3 is 1. The summed E-state index contributed by atoms with van der Waals surface area (Å²) in [6.07, 6.45) is 3.63. The van der Waals surface area contributed by atoms with Gasteiger partial charge in [0.05, 0.1) is 7.11 Å². The van der Waals surface area contributed by atoms with Crippen molar-refractivity contribution in [1.29, 1.82) is 0 Å². The monoisotopic (exact) mass is 248 g/mol. The number of H-pyrrole nitrogens is 1. The van der Waals surface area contributed by atoms with E-state index in [1.54, 1.807) is 6.07 Å². The topological polar surface area (TPSA) is 106 Å². The summed E-state index contributed by atoms with van der Waals surface area (Å²) in [6.45, 7) is 0.618. The highest BCUT2D eigenvalue weighted by Crippen LogP contribution is 2.03. The van der Waals surface area contributed by atoms with Crippen molar-refractivity contribution in [3.8, 4) is 0 Å². The van der Waals surface area contributed by atoms with Gasteiger partial charge in [0, 0.05) is 19.2 Å². The van der Waals surface area contributed by atoms with Crippen LogP contribution in [0.1, 0.15) is 16.4 Å². The van der Waals surface area contributed by atoms with Crippen molar-refractivity contribution >= 4 is 11.8 Å². The number of aromatic nitrogens is 5. The van der Waals surface area contributed by atoms with Crippen molar-refractivity contribution in [3.63, 3.8) is 0 Å². The predicted octanol–water partition coefficient (Wildman–Crippen LogP) is 0.0359. The third-order valence-corrected chi connectivity index (χ3v) is 2.16. The molecule has 0 radical (unpaired) electrons. The number of rotatable bonds is 5. The summed E-state index contributed by atoms with van der Waals surface area (Å²) < 4.78 is 4.54. The zero-order chi connectivity index (χ0) is 12.8. The lowest BCUT2D eigenvalue weighted by Gasteiger charge is -2.04. The molecule has 0 spiro atoms. The molecule has 0 aromatic carbocycles. The number of nitrogens with one attached hydrogen (secondary N) is 2. The molecule has 2 N–H and O–H groups in total. The van der Waals surface area contributed by atoms with Gasteiger partial charge >= 0.3 is 5.97 Å². The normalized spacial score (nSPS) is 10.1. The van der Waals surface area contributed by atoms with Crippen LogP contribution in [-0.4, -0.2) is 44.8 Å². The molecule has 0 saturated heterocycles. The van der Waals surface area contributed by atoms with E-state index in [-0.39, 0.29) is 5.82 Å². The summed E-state index contributed by atoms with van der Waals surface area (Å²) in [4.78, 5) is 23.1. The van der Waals surface area contributed by atoms with Crippen molar-refractivity contribution < 1.29 is 9.53 Å². The Morgan fingerprint density at radius 1 is 1.50 bits per heavy atom. The van der Waals surface area contributed by atoms with E-state index in [0.29, 0.717) is 18.8 Å². The van der Waals surface area contributed by atoms with Gasteiger partial charge in [-0.15, -0.1) is 0 Å². The van der Waals surface area contributed by atoms with Crippen LogP contribution >= 0.6 is 0 Å². The molecule has 0 unspecified atom stereocenters. The fraction of sp³-hybridized carbons (Fsp3) is 0.300. The van der Waals surface area contributed by atoms with Crippen molar-refractivity contribution in [2.75, 3.05) is 19.0 Å². The molecule has 0 aliphatic carbocycles. The van der Waals surface area contributed by atoms with E-state index in [1.807, 2.05) is 0 Å². The molecule has 8 nitrogen and oxygen atoms in total. The summed E-state index contributed by atoms with van der Waals surface area (Å²) in [5.41, 5.74) is 0. The fourth-order valence-corrected chi connectivity index (χ4v) is 1.31. The molecule has 0 aliphatic rings. The van der Waals surface area contributed by atoms with Gasteiger partial charge in [-0.1, -0.05) is 0 Å². The Bertz CT molecular complexity index is 513. The molecule has 18 heavy (non-hydrogen) atoms. The fourth-order valence-electron chi connectivity index (χ4n) is 1.31. The van der Waals surface area contributed by atoms with Crippen LogP contribution in [0, 0.1) is 0 Å². The number of aromatic amines is 1. The zero-order valence-electron chi connectivity index (χ0n) is 9.75. The maximum Gasteiger partial charge on any atom is 0.376 e. The highest BCUT2D eigenvalue weighted by molar-refractivity contribution is 5.85. The minimum Gasteiger partial charge on any atom is -0.463 e. The molecule has 0 fully saturated rings. The second-order valence-corrected chi connectivity index (χ2v) is 3.37. The molecule has 2 heterocycles. The Morgan fingerprint density at radius 3 is 3.11 bits per heavy atom. The predicted molar refractivity (Wildman–Crippen MR) is 61.9 cm³/mol. The molecule has 2 rings (SSSR count). The SMILES string of the molecule is COC(=O)c1nccc(NCCc2ncn[nH]2)n1. The van der Waals surface area contributed by atoms with E-state index in [9.17, 15) is 4.79 Å². The van der Waals surface area contributed by atoms with Gasteiger partial charge in [-0.05, 0) is 6.07 Å². The van der Waals surface area contributed by atoms with Crippen LogP contribution in [0.3, 0.4) is 0 Å². The van der Waals surface area contributed by atoms with Crippen LogP contribution in [0.5, 0.6) is 0 Å². The van der Waals surface area contributed by atoms with Crippen LogP contribution in [0.15, 0.2) is 18.6 Å². The molecule has 0 saturated carbocycles. The zero-order valence-corrected chi connectivity index (χ0v) is 9.75. The molecule has 0 aliphatic heterocycles. The minimum absolute atomic E-state index is 0.0298. The maximum atomic E-state index is 11.2. The van der Waals surface area contributed by atoms with Crippen molar-refractivity contribution in [2.45, 2.75) is 6.42 Å². The summed E-state index contributed by atoms with van der Waals surface area (Å²) in [6, 6.07) is 1.67. The van der Waals surface area contributed by atoms with E-state index < -0.39 is 5.97 Å². The second-order valence-electron chi connectivity index (χ2n) is 3.37. The summed E-state index contributed by atoms with van der Waals surface area (Å²) >= 11 is 0. The van der Waals surface area contributed by atoms with Gasteiger partial charge in [-0.3, -0.25) is 5.10 Å². The van der Waals surface area contributed by atoms with Gasteiger partial charge in [-0.2, -0.15) is 5.10 Å². The largest absolute Gasteiger partial charge is 0.463 e. The van der Waals surface area contributed by atoms with Crippen LogP contribution in [0.4, 0.5) is 5.82 Å². The third-order valence-electron chi connectivity index (χ3n) is 2.16. The Balaban J connectivity index is 1.91. The first-order valence-corrected chi connectivity index (χ1v) is 5.29. The number of ether oxygens (including phenoxy) is 1. The van der Waals surface area contributed by atoms with Gasteiger partial charge in [0.1, 0.15) is 18.0 Å². The van der Waals surface area contributed by atoms with Gasteiger partial charge in [-0.25, -0.2) is 19.7 Å². The lowest BCUT2D eigenvalue weighted by molar-refractivity contribution is 0.0587. The van der Waals surface area contributed by atoms with Crippen LogP contribution in [-0.2, 0) is 11.2 Å². The summed E-state index contributed by atoms with van der Waals surface area (Å²) in [5.74, 6) is 0.811. The van der Waals surface area contributed by atoms with E-state index in [1.165, 1.54) is 19.6 Å². The summed E-state index contributed by atoms with van der Waals surface area (Å²) in [5, 5.41) is 9.56. The lowest BCUT2D eigenvalue weighted by Crippen LogP contribution is -2.11. The highest BCUT2D eigenvalue weighted by atomic mass is 16.5. The standard InChI is InChI=1S/C10H12N6O2/c1-18-10(17)9-12-5-2-7(15-9)11-4-3-8-13-6-14-16-8/h2,5-6H,3-4H2,1H3,(H,11,12,15)(H,13,14,16). The number of nitrogens with zero attached hydrogens (tertiary/aromatic N) is 4. The van der Waals surface area contributed by atoms with Gasteiger partial charge in [0.2, 0.25) is 5.82 Å². The summed E-state index contributed by atoms with van der Waals surface area (Å²) in [7, 11) is 1.29. The van der Waals surface area contributed by atoms with E-state index in [2.05, 4.69) is 35.2 Å². The number of hydrogen-bond acceptors (Lipinski definition) is 7. The number of carbonyl (C=O) groups is 1. The highest BCUT2D eigenvalue weighted by Gasteiger charge is 2.09. The third kappa shape index (κ3) is 3.00. The van der Waals surface area contributed by atoms with Crippen LogP contribution < -0.4 is 5.32 Å². The van der Waals surface area contributed by atoms with Crippen molar-refractivity contribution in [3.05, 3.63) is 30.2 Å². The smallest absolute Gasteiger partial charge is 0.376 e. The molecule has 0 atom stereocenters. The average molecular weight is 248 g/mol. The Morgan fingerprint density at radius 2 is 2.39 bits per heavy atom. The van der Waals surface area contributed by atoms with Gasteiger partial charge in [0.15, 0.2) is 0 Å². The van der Waals surface area contributed by atoms with Crippen molar-refractivity contribution in [2.24, 2.45) is 0 Å². The van der Waals surface area contributed by atoms with Gasteiger partial charge in [0.25, 0.3) is 0 Å². The quantitative estimate of drug-likeness (QED) is 0.719. The van der Waals surface area contributed by atoms with E-state index >= 15 is 0 Å². The lowest BCUT2D eigenvalue weighted by atomic mass is 10.4. The molecule has 8 heteroatoms. The number of esters is 1. The molecular weight excluding hydrogens is 236 g/mol. The van der Waals surface area contributed by atoms with Crippen LogP contribution in [0.25, 0.3) is 0 Å². The molecule has 0 amide bonds. The van der Waals surface area contributed by atoms with E-state index in [4.69, 9.17) is 0 Å². The van der Waals surface area contributed by atoms with Crippen molar-refractivity contribution in [1.82, 2.24) is 25.1 Å². The Hall–Kier alpha value is -2.51. The maximum absolute atomic E-state index is 11.2. The molecule has 94 valence electrons. The first-order chi connectivity index (χ1) is 8.79.